The van der Waals surface area contributed by atoms with E-state index in [4.69, 9.17) is 9.26 Å². The minimum Gasteiger partial charge on any atom is -0.370 e. The van der Waals surface area contributed by atoms with Crippen molar-refractivity contribution < 1.29 is 14.1 Å². The van der Waals surface area contributed by atoms with Crippen molar-refractivity contribution in [1.82, 2.24) is 20.3 Å². The van der Waals surface area contributed by atoms with E-state index in [1.165, 1.54) is 0 Å². The van der Waals surface area contributed by atoms with Gasteiger partial charge in [0, 0.05) is 24.7 Å². The van der Waals surface area contributed by atoms with Crippen molar-refractivity contribution in [2.24, 2.45) is 0 Å². The summed E-state index contributed by atoms with van der Waals surface area (Å²) in [6, 6.07) is 9.44. The average molecular weight is 340 g/mol. The van der Waals surface area contributed by atoms with Gasteiger partial charge in [-0.15, -0.1) is 0 Å². The van der Waals surface area contributed by atoms with Crippen LogP contribution in [0.15, 0.2) is 41.1 Å². The van der Waals surface area contributed by atoms with Gasteiger partial charge in [-0.25, -0.2) is 0 Å². The number of fused-ring (bicyclic) bond motifs is 1. The van der Waals surface area contributed by atoms with E-state index in [2.05, 4.69) is 15.6 Å². The molecular weight excluding hydrogens is 320 g/mol. The van der Waals surface area contributed by atoms with Crippen molar-refractivity contribution in [3.05, 3.63) is 47.9 Å². The smallest absolute Gasteiger partial charge is 0.226 e. The first-order valence-electron chi connectivity index (χ1n) is 8.52. The number of amides is 1. The third-order valence-corrected chi connectivity index (χ3v) is 4.56. The Hall–Kier alpha value is -2.67. The zero-order valence-corrected chi connectivity index (χ0v) is 14.0. The normalized spacial score (nSPS) is 20.2. The van der Waals surface area contributed by atoms with Crippen molar-refractivity contribution in [1.29, 1.82) is 0 Å². The number of para-hydroxylation sites is 1. The Morgan fingerprint density at radius 1 is 1.36 bits per heavy atom. The minimum atomic E-state index is -0.166. The lowest BCUT2D eigenvalue weighted by Crippen LogP contribution is -2.38. The van der Waals surface area contributed by atoms with Gasteiger partial charge in [-0.3, -0.25) is 9.48 Å². The van der Waals surface area contributed by atoms with Crippen LogP contribution < -0.4 is 5.32 Å². The van der Waals surface area contributed by atoms with Crippen molar-refractivity contribution in [2.75, 3.05) is 6.61 Å². The molecule has 3 aromatic rings. The van der Waals surface area contributed by atoms with Crippen molar-refractivity contribution in [3.63, 3.8) is 0 Å². The number of carbonyl (C=O) groups excluding carboxylic acids is 1. The number of aromatic nitrogens is 3. The molecule has 2 aromatic heterocycles. The topological polar surface area (TPSA) is 82.2 Å². The molecule has 1 fully saturated rings. The molecular formula is C18H20N4O3. The van der Waals surface area contributed by atoms with Gasteiger partial charge in [0.1, 0.15) is 11.8 Å². The van der Waals surface area contributed by atoms with E-state index >= 15 is 0 Å². The number of hydrogen-bond donors (Lipinski definition) is 1. The maximum absolute atomic E-state index is 12.5. The van der Waals surface area contributed by atoms with Gasteiger partial charge in [0.25, 0.3) is 0 Å². The van der Waals surface area contributed by atoms with Crippen LogP contribution in [0.1, 0.15) is 30.8 Å². The predicted molar refractivity (Wildman–Crippen MR) is 90.9 cm³/mol. The molecule has 0 aliphatic carbocycles. The molecule has 0 unspecified atom stereocenters. The van der Waals surface area contributed by atoms with Gasteiger partial charge in [0.2, 0.25) is 5.91 Å². The summed E-state index contributed by atoms with van der Waals surface area (Å²) in [7, 11) is 0. The second-order valence-corrected chi connectivity index (χ2v) is 6.13. The summed E-state index contributed by atoms with van der Waals surface area (Å²) in [5, 5.41) is 12.3. The van der Waals surface area contributed by atoms with E-state index in [1.54, 1.807) is 6.20 Å². The molecule has 0 spiro atoms. The Bertz CT molecular complexity index is 885. The van der Waals surface area contributed by atoms with E-state index in [1.807, 2.05) is 41.9 Å². The summed E-state index contributed by atoms with van der Waals surface area (Å²) in [5.74, 6) is -0.0814. The van der Waals surface area contributed by atoms with Gasteiger partial charge in [-0.2, -0.15) is 5.10 Å². The molecule has 1 N–H and O–H groups in total. The average Bonchev–Trinajstić information content (AvgIpc) is 3.34. The first-order valence-corrected chi connectivity index (χ1v) is 8.52. The Balaban J connectivity index is 1.46. The quantitative estimate of drug-likeness (QED) is 0.770. The number of benzene rings is 1. The maximum atomic E-state index is 12.5. The molecule has 2 atom stereocenters. The fraction of sp³-hybridized carbons (Fsp3) is 0.389. The molecule has 130 valence electrons. The van der Waals surface area contributed by atoms with Crippen LogP contribution in [0.2, 0.25) is 0 Å². The highest BCUT2D eigenvalue weighted by atomic mass is 16.5. The number of aryl methyl sites for hydroxylation is 1. The lowest BCUT2D eigenvalue weighted by molar-refractivity contribution is -0.121. The molecule has 4 rings (SSSR count). The molecule has 7 heteroatoms. The lowest BCUT2D eigenvalue weighted by Gasteiger charge is -2.20. The molecule has 1 aliphatic rings. The highest BCUT2D eigenvalue weighted by Crippen LogP contribution is 2.29. The number of ether oxygens (including phenoxy) is 1. The highest BCUT2D eigenvalue weighted by Gasteiger charge is 2.33. The summed E-state index contributed by atoms with van der Waals surface area (Å²) in [6.07, 6.45) is 2.57. The van der Waals surface area contributed by atoms with Crippen LogP contribution in [0.5, 0.6) is 0 Å². The lowest BCUT2D eigenvalue weighted by atomic mass is 10.1. The maximum Gasteiger partial charge on any atom is 0.226 e. The summed E-state index contributed by atoms with van der Waals surface area (Å²) < 4.78 is 13.0. The Kier molecular flexibility index (Phi) is 4.23. The van der Waals surface area contributed by atoms with Gasteiger partial charge >= 0.3 is 0 Å². The number of nitrogens with one attached hydrogen (secondary N) is 1. The summed E-state index contributed by atoms with van der Waals surface area (Å²) in [4.78, 5) is 12.5. The Morgan fingerprint density at radius 3 is 3.12 bits per heavy atom. The molecule has 7 nitrogen and oxygen atoms in total. The molecule has 0 saturated carbocycles. The first kappa shape index (κ1) is 15.8. The molecule has 1 aliphatic heterocycles. The van der Waals surface area contributed by atoms with E-state index in [-0.39, 0.29) is 24.5 Å². The number of nitrogens with zero attached hydrogens (tertiary/aromatic N) is 3. The minimum absolute atomic E-state index is 0.0623. The largest absolute Gasteiger partial charge is 0.370 e. The first-order chi connectivity index (χ1) is 12.3. The van der Waals surface area contributed by atoms with Gasteiger partial charge in [0.05, 0.1) is 18.2 Å². The monoisotopic (exact) mass is 340 g/mol. The van der Waals surface area contributed by atoms with Crippen LogP contribution in [0.3, 0.4) is 0 Å². The van der Waals surface area contributed by atoms with Crippen LogP contribution in [0.25, 0.3) is 11.0 Å². The third kappa shape index (κ3) is 3.02. The molecule has 1 aromatic carbocycles. The number of rotatable bonds is 5. The van der Waals surface area contributed by atoms with Crippen LogP contribution in [-0.4, -0.2) is 33.5 Å². The van der Waals surface area contributed by atoms with Crippen LogP contribution in [-0.2, 0) is 22.5 Å². The molecule has 1 amide bonds. The molecule has 1 saturated heterocycles. The van der Waals surface area contributed by atoms with E-state index in [9.17, 15) is 4.79 Å². The third-order valence-electron chi connectivity index (χ3n) is 4.56. The fourth-order valence-electron chi connectivity index (χ4n) is 3.35. The Morgan fingerprint density at radius 2 is 2.24 bits per heavy atom. The van der Waals surface area contributed by atoms with Gasteiger partial charge < -0.3 is 14.6 Å². The predicted octanol–water partition coefficient (Wildman–Crippen LogP) is 2.23. The van der Waals surface area contributed by atoms with Crippen LogP contribution >= 0.6 is 0 Å². The van der Waals surface area contributed by atoms with E-state index in [0.29, 0.717) is 17.9 Å². The number of carbonyl (C=O) groups is 1. The molecule has 0 bridgehead atoms. The highest BCUT2D eigenvalue weighted by molar-refractivity contribution is 5.86. The molecule has 25 heavy (non-hydrogen) atoms. The molecule has 3 heterocycles. The summed E-state index contributed by atoms with van der Waals surface area (Å²) in [6.45, 7) is 3.43. The Labute approximate surface area is 144 Å². The van der Waals surface area contributed by atoms with Crippen molar-refractivity contribution in [3.8, 4) is 0 Å². The van der Waals surface area contributed by atoms with Crippen LogP contribution in [0.4, 0.5) is 0 Å². The zero-order valence-electron chi connectivity index (χ0n) is 14.0. The summed E-state index contributed by atoms with van der Waals surface area (Å²) in [5.41, 5.74) is 2.35. The van der Waals surface area contributed by atoms with Crippen molar-refractivity contribution in [2.45, 2.75) is 38.5 Å². The van der Waals surface area contributed by atoms with Gasteiger partial charge in [0.15, 0.2) is 5.58 Å². The second-order valence-electron chi connectivity index (χ2n) is 6.13. The zero-order chi connectivity index (χ0) is 17.2. The fourth-order valence-corrected chi connectivity index (χ4v) is 3.35. The van der Waals surface area contributed by atoms with Crippen LogP contribution in [0, 0.1) is 0 Å². The van der Waals surface area contributed by atoms with E-state index < -0.39 is 0 Å². The number of hydrogen-bond acceptors (Lipinski definition) is 5. The van der Waals surface area contributed by atoms with Crippen molar-refractivity contribution >= 4 is 16.9 Å². The van der Waals surface area contributed by atoms with E-state index in [0.717, 1.165) is 24.0 Å². The molecule has 0 radical (unpaired) electrons. The van der Waals surface area contributed by atoms with Gasteiger partial charge in [-0.05, 0) is 31.5 Å². The standard InChI is InChI=1S/C18H20N4O3/c1-2-22-15(7-9-19-22)18-13(8-10-24-18)20-17(23)11-14-12-5-3-4-6-16(12)25-21-14/h3-7,9,13,18H,2,8,10-11H2,1H3,(H,20,23)/t13-,18-/m0/s1. The second kappa shape index (κ2) is 6.68. The summed E-state index contributed by atoms with van der Waals surface area (Å²) >= 11 is 0. The van der Waals surface area contributed by atoms with Gasteiger partial charge in [-0.1, -0.05) is 17.3 Å². The SMILES string of the molecule is CCn1nccc1[C@H]1OCC[C@@H]1NC(=O)Cc1noc2ccccc12.